The molecule has 1 fully saturated rings. The van der Waals surface area contributed by atoms with E-state index in [1.807, 2.05) is 0 Å². The number of rotatable bonds is 1. The Hall–Kier alpha value is -1.90. The number of nitrogens with zero attached hydrogens (tertiary/aromatic N) is 1. The van der Waals surface area contributed by atoms with Crippen molar-refractivity contribution in [2.75, 3.05) is 33.0 Å². The van der Waals surface area contributed by atoms with Crippen molar-refractivity contribution in [1.29, 1.82) is 0 Å². The van der Waals surface area contributed by atoms with Crippen LogP contribution in [-0.2, 0) is 4.74 Å². The van der Waals surface area contributed by atoms with Crippen LogP contribution >= 0.6 is 11.6 Å². The summed E-state index contributed by atoms with van der Waals surface area (Å²) in [5, 5.41) is 0.369. The van der Waals surface area contributed by atoms with E-state index in [1.54, 1.807) is 17.0 Å². The summed E-state index contributed by atoms with van der Waals surface area (Å²) in [4.78, 5) is 14.3. The van der Waals surface area contributed by atoms with Crippen molar-refractivity contribution in [3.8, 4) is 23.8 Å². The minimum atomic E-state index is -0.365. The number of fused-ring (bicyclic) bond motifs is 1. The zero-order valence-corrected chi connectivity index (χ0v) is 12.8. The van der Waals surface area contributed by atoms with Crippen molar-refractivity contribution in [2.24, 2.45) is 0 Å². The Kier molecular flexibility index (Phi) is 4.41. The van der Waals surface area contributed by atoms with E-state index in [4.69, 9.17) is 32.2 Å². The molecule has 0 aromatic heterocycles. The highest BCUT2D eigenvalue weighted by Crippen LogP contribution is 2.38. The number of halogens is 1. The smallest absolute Gasteiger partial charge is 0.255 e. The van der Waals surface area contributed by atoms with E-state index in [9.17, 15) is 4.79 Å². The van der Waals surface area contributed by atoms with Gasteiger partial charge < -0.3 is 19.1 Å². The molecule has 5 nitrogen and oxygen atoms in total. The molecule has 0 spiro atoms. The van der Waals surface area contributed by atoms with Crippen molar-refractivity contribution in [2.45, 2.75) is 12.5 Å². The molecule has 1 aromatic rings. The maximum atomic E-state index is 12.7. The molecule has 2 aliphatic rings. The van der Waals surface area contributed by atoms with E-state index in [2.05, 4.69) is 5.92 Å². The summed E-state index contributed by atoms with van der Waals surface area (Å²) < 4.78 is 16.5. The maximum absolute atomic E-state index is 12.7. The van der Waals surface area contributed by atoms with Crippen molar-refractivity contribution in [3.63, 3.8) is 0 Å². The third-order valence-corrected chi connectivity index (χ3v) is 3.91. The highest BCUT2D eigenvalue weighted by Gasteiger charge is 2.28. The number of hydrogen-bond acceptors (Lipinski definition) is 4. The third-order valence-electron chi connectivity index (χ3n) is 3.63. The highest BCUT2D eigenvalue weighted by molar-refractivity contribution is 6.32. The van der Waals surface area contributed by atoms with E-state index >= 15 is 0 Å². The van der Waals surface area contributed by atoms with Crippen LogP contribution in [-0.4, -0.2) is 49.8 Å². The topological polar surface area (TPSA) is 48.0 Å². The molecule has 2 aliphatic heterocycles. The maximum Gasteiger partial charge on any atom is 0.255 e. The van der Waals surface area contributed by atoms with E-state index in [0.717, 1.165) is 6.42 Å². The average molecular weight is 322 g/mol. The number of ether oxygens (including phenoxy) is 3. The highest BCUT2D eigenvalue weighted by atomic mass is 35.5. The van der Waals surface area contributed by atoms with Gasteiger partial charge >= 0.3 is 0 Å². The second-order valence-corrected chi connectivity index (χ2v) is 5.50. The Bertz CT molecular complexity index is 625. The fourth-order valence-electron chi connectivity index (χ4n) is 2.50. The van der Waals surface area contributed by atoms with Crippen LogP contribution in [0.3, 0.4) is 0 Å². The van der Waals surface area contributed by atoms with E-state index in [0.29, 0.717) is 55.1 Å². The van der Waals surface area contributed by atoms with Crippen LogP contribution in [0.15, 0.2) is 12.1 Å². The van der Waals surface area contributed by atoms with Crippen LogP contribution in [0.2, 0.25) is 5.02 Å². The predicted octanol–water partition coefficient (Wildman–Crippen LogP) is 1.98. The number of carbonyl (C=O) groups is 1. The SMILES string of the molecule is C#C[C@@H]1COCCN1C(=O)c1cc(Cl)c2c(c1)OCCCO2. The molecule has 1 atom stereocenters. The zero-order valence-electron chi connectivity index (χ0n) is 12.0. The lowest BCUT2D eigenvalue weighted by Crippen LogP contribution is -2.48. The molecule has 22 heavy (non-hydrogen) atoms. The van der Waals surface area contributed by atoms with Gasteiger partial charge in [-0.05, 0) is 12.1 Å². The molecule has 0 radical (unpaired) electrons. The first-order valence-corrected chi connectivity index (χ1v) is 7.52. The standard InChI is InChI=1S/C16H16ClNO4/c1-2-12-10-20-7-4-18(12)16(19)11-8-13(17)15-14(9-11)21-5-3-6-22-15/h1,8-9,12H,3-7,10H2/t12-/m1/s1. The van der Waals surface area contributed by atoms with Gasteiger partial charge in [0.15, 0.2) is 11.5 Å². The second kappa shape index (κ2) is 6.47. The molecule has 0 unspecified atom stereocenters. The molecule has 1 aromatic carbocycles. The molecular weight excluding hydrogens is 306 g/mol. The lowest BCUT2D eigenvalue weighted by atomic mass is 10.1. The monoisotopic (exact) mass is 321 g/mol. The fraction of sp³-hybridized carbons (Fsp3) is 0.438. The van der Waals surface area contributed by atoms with Crippen molar-refractivity contribution in [1.82, 2.24) is 4.90 Å². The zero-order chi connectivity index (χ0) is 15.5. The first-order valence-electron chi connectivity index (χ1n) is 7.14. The largest absolute Gasteiger partial charge is 0.489 e. The van der Waals surface area contributed by atoms with Gasteiger partial charge in [0.1, 0.15) is 6.04 Å². The van der Waals surface area contributed by atoms with Gasteiger partial charge in [-0.1, -0.05) is 17.5 Å². The van der Waals surface area contributed by atoms with Crippen LogP contribution in [0.1, 0.15) is 16.8 Å². The van der Waals surface area contributed by atoms with Gasteiger partial charge in [0.05, 0.1) is 31.5 Å². The normalized spacial score (nSPS) is 20.9. The number of morpholine rings is 1. The summed E-state index contributed by atoms with van der Waals surface area (Å²) in [7, 11) is 0. The number of carbonyl (C=O) groups excluding carboxylic acids is 1. The van der Waals surface area contributed by atoms with Gasteiger partial charge in [0, 0.05) is 18.5 Å². The predicted molar refractivity (Wildman–Crippen MR) is 81.5 cm³/mol. The van der Waals surface area contributed by atoms with Crippen LogP contribution < -0.4 is 9.47 Å². The van der Waals surface area contributed by atoms with Gasteiger partial charge in [0.2, 0.25) is 0 Å². The van der Waals surface area contributed by atoms with Crippen molar-refractivity contribution >= 4 is 17.5 Å². The lowest BCUT2D eigenvalue weighted by Gasteiger charge is -2.32. The van der Waals surface area contributed by atoms with Crippen LogP contribution in [0.5, 0.6) is 11.5 Å². The van der Waals surface area contributed by atoms with Gasteiger partial charge in [-0.2, -0.15) is 0 Å². The van der Waals surface area contributed by atoms with E-state index < -0.39 is 0 Å². The molecule has 0 bridgehead atoms. The Morgan fingerprint density at radius 3 is 2.95 bits per heavy atom. The van der Waals surface area contributed by atoms with Crippen molar-refractivity contribution < 1.29 is 19.0 Å². The Labute approximate surface area is 134 Å². The van der Waals surface area contributed by atoms with Gasteiger partial charge in [-0.25, -0.2) is 0 Å². The Morgan fingerprint density at radius 2 is 2.14 bits per heavy atom. The first kappa shape index (κ1) is 15.0. The quantitative estimate of drug-likeness (QED) is 0.742. The second-order valence-electron chi connectivity index (χ2n) is 5.09. The molecule has 3 rings (SSSR count). The summed E-state index contributed by atoms with van der Waals surface area (Å²) in [5.41, 5.74) is 0.441. The fourth-order valence-corrected chi connectivity index (χ4v) is 2.77. The number of amides is 1. The Balaban J connectivity index is 1.91. The molecule has 0 N–H and O–H groups in total. The van der Waals surface area contributed by atoms with Crippen LogP contribution in [0, 0.1) is 12.3 Å². The van der Waals surface area contributed by atoms with Crippen molar-refractivity contribution in [3.05, 3.63) is 22.7 Å². The molecular formula is C16H16ClNO4. The van der Waals surface area contributed by atoms with E-state index in [-0.39, 0.29) is 11.9 Å². The third kappa shape index (κ3) is 2.85. The summed E-state index contributed by atoms with van der Waals surface area (Å²) >= 11 is 6.23. The number of benzene rings is 1. The summed E-state index contributed by atoms with van der Waals surface area (Å²) in [5.74, 6) is 3.40. The van der Waals surface area contributed by atoms with Gasteiger partial charge in [0.25, 0.3) is 5.91 Å². The number of hydrogen-bond donors (Lipinski definition) is 0. The summed E-state index contributed by atoms with van der Waals surface area (Å²) in [6, 6.07) is 2.90. The molecule has 2 heterocycles. The minimum Gasteiger partial charge on any atom is -0.489 e. The average Bonchev–Trinajstić information content (AvgIpc) is 2.80. The molecule has 1 amide bonds. The molecule has 1 saturated heterocycles. The van der Waals surface area contributed by atoms with E-state index in [1.165, 1.54) is 0 Å². The minimum absolute atomic E-state index is 0.177. The van der Waals surface area contributed by atoms with Crippen LogP contribution in [0.25, 0.3) is 0 Å². The summed E-state index contributed by atoms with van der Waals surface area (Å²) in [6.45, 7) is 2.36. The van der Waals surface area contributed by atoms with Gasteiger partial charge in [-0.3, -0.25) is 4.79 Å². The molecule has 0 aliphatic carbocycles. The molecule has 116 valence electrons. The summed E-state index contributed by atoms with van der Waals surface area (Å²) in [6.07, 6.45) is 6.25. The Morgan fingerprint density at radius 1 is 1.32 bits per heavy atom. The molecule has 0 saturated carbocycles. The van der Waals surface area contributed by atoms with Gasteiger partial charge in [-0.15, -0.1) is 6.42 Å². The molecule has 6 heteroatoms. The number of terminal acetylenes is 1. The first-order chi connectivity index (χ1) is 10.7. The van der Waals surface area contributed by atoms with Crippen LogP contribution in [0.4, 0.5) is 0 Å². The lowest BCUT2D eigenvalue weighted by molar-refractivity contribution is 0.0137.